The number of hydrogen-bond donors (Lipinski definition) is 0. The second-order valence-electron chi connectivity index (χ2n) is 5.03. The van der Waals surface area contributed by atoms with Gasteiger partial charge in [0.05, 0.1) is 0 Å². The van der Waals surface area contributed by atoms with Crippen molar-refractivity contribution in [3.63, 3.8) is 0 Å². The van der Waals surface area contributed by atoms with Gasteiger partial charge in [-0.25, -0.2) is 0 Å². The van der Waals surface area contributed by atoms with Crippen molar-refractivity contribution in [2.24, 2.45) is 5.41 Å². The summed E-state index contributed by atoms with van der Waals surface area (Å²) in [6.45, 7) is 3.66. The van der Waals surface area contributed by atoms with E-state index < -0.39 is 18.0 Å². The summed E-state index contributed by atoms with van der Waals surface area (Å²) >= 11 is 0. The van der Waals surface area contributed by atoms with E-state index in [1.165, 1.54) is 0 Å². The van der Waals surface area contributed by atoms with Crippen LogP contribution in [0.1, 0.15) is 26.7 Å². The number of carbonyl (C=O) groups excluding carboxylic acids is 1. The summed E-state index contributed by atoms with van der Waals surface area (Å²) in [4.78, 5) is 11.7. The maximum Gasteiger partial charge on any atom is 0.463 e. The Kier molecular flexibility index (Phi) is 3.42. The topological polar surface area (TPSA) is 20.3 Å². The number of halogens is 5. The zero-order chi connectivity index (χ0) is 13.5. The van der Waals surface area contributed by atoms with E-state index in [-0.39, 0.29) is 18.5 Å². The van der Waals surface area contributed by atoms with Crippen LogP contribution in [0.2, 0.25) is 0 Å². The highest BCUT2D eigenvalue weighted by molar-refractivity contribution is 5.84. The highest BCUT2D eigenvalue weighted by Crippen LogP contribution is 2.38. The zero-order valence-corrected chi connectivity index (χ0v) is 9.57. The smallest absolute Gasteiger partial charge is 0.337 e. The number of likely N-dealkylation sites (tertiary alicyclic amines) is 1. The number of hydrogen-bond acceptors (Lipinski definition) is 1. The van der Waals surface area contributed by atoms with E-state index >= 15 is 0 Å². The number of amides is 1. The van der Waals surface area contributed by atoms with Crippen LogP contribution in [0.25, 0.3) is 0 Å². The highest BCUT2D eigenvalue weighted by Gasteiger charge is 2.64. The SMILES string of the molecule is CC1(C)CCN(C(=O)C(F)(F)C(F)(F)F)CC1. The minimum atomic E-state index is -5.82. The average Bonchev–Trinajstić information content (AvgIpc) is 2.15. The Balaban J connectivity index is 2.73. The first-order valence-corrected chi connectivity index (χ1v) is 5.21. The molecule has 0 atom stereocenters. The molecule has 0 aromatic rings. The van der Waals surface area contributed by atoms with Crippen molar-refractivity contribution in [3.8, 4) is 0 Å². The third kappa shape index (κ3) is 2.87. The van der Waals surface area contributed by atoms with E-state index in [1.807, 2.05) is 13.8 Å². The van der Waals surface area contributed by atoms with Gasteiger partial charge in [-0.05, 0) is 18.3 Å². The fraction of sp³-hybridized carbons (Fsp3) is 0.900. The molecule has 0 aromatic carbocycles. The number of piperidine rings is 1. The van der Waals surface area contributed by atoms with Crippen LogP contribution in [0.4, 0.5) is 22.0 Å². The molecule has 1 rings (SSSR count). The van der Waals surface area contributed by atoms with Gasteiger partial charge in [-0.15, -0.1) is 0 Å². The Labute approximate surface area is 95.8 Å². The first-order chi connectivity index (χ1) is 7.47. The lowest BCUT2D eigenvalue weighted by molar-refractivity contribution is -0.275. The highest BCUT2D eigenvalue weighted by atomic mass is 19.4. The largest absolute Gasteiger partial charge is 0.463 e. The van der Waals surface area contributed by atoms with E-state index in [0.29, 0.717) is 17.7 Å². The van der Waals surface area contributed by atoms with Gasteiger partial charge in [0.15, 0.2) is 0 Å². The van der Waals surface area contributed by atoms with Crippen LogP contribution in [-0.4, -0.2) is 36.0 Å². The Morgan fingerprint density at radius 1 is 1.06 bits per heavy atom. The van der Waals surface area contributed by atoms with E-state index in [1.54, 1.807) is 0 Å². The molecule has 0 aromatic heterocycles. The molecular weight excluding hydrogens is 245 g/mol. The lowest BCUT2D eigenvalue weighted by Crippen LogP contribution is -2.54. The van der Waals surface area contributed by atoms with Crippen LogP contribution < -0.4 is 0 Å². The molecule has 7 heteroatoms. The van der Waals surface area contributed by atoms with Crippen molar-refractivity contribution in [1.29, 1.82) is 0 Å². The van der Waals surface area contributed by atoms with E-state index in [9.17, 15) is 26.7 Å². The molecule has 2 nitrogen and oxygen atoms in total. The predicted octanol–water partition coefficient (Wildman–Crippen LogP) is 2.83. The average molecular weight is 259 g/mol. The van der Waals surface area contributed by atoms with E-state index in [4.69, 9.17) is 0 Å². The molecule has 0 aliphatic carbocycles. The number of carbonyl (C=O) groups is 1. The molecule has 0 bridgehead atoms. The molecule has 0 N–H and O–H groups in total. The Bertz CT molecular complexity index is 300. The molecule has 1 aliphatic rings. The van der Waals surface area contributed by atoms with Crippen molar-refractivity contribution < 1.29 is 26.7 Å². The predicted molar refractivity (Wildman–Crippen MR) is 50.6 cm³/mol. The summed E-state index contributed by atoms with van der Waals surface area (Å²) in [7, 11) is 0. The maximum absolute atomic E-state index is 12.8. The first kappa shape index (κ1) is 14.2. The molecule has 0 saturated carbocycles. The Hall–Kier alpha value is -0.880. The van der Waals surface area contributed by atoms with E-state index in [0.717, 1.165) is 0 Å². The molecule has 17 heavy (non-hydrogen) atoms. The summed E-state index contributed by atoms with van der Waals surface area (Å²) in [5, 5.41) is 0. The van der Waals surface area contributed by atoms with Crippen LogP contribution in [-0.2, 0) is 4.79 Å². The fourth-order valence-electron chi connectivity index (χ4n) is 1.63. The normalized spacial score (nSPS) is 21.5. The van der Waals surface area contributed by atoms with Gasteiger partial charge in [-0.2, -0.15) is 22.0 Å². The number of alkyl halides is 5. The van der Waals surface area contributed by atoms with Crippen LogP contribution in [0.15, 0.2) is 0 Å². The van der Waals surface area contributed by atoms with Crippen molar-refractivity contribution in [2.45, 2.75) is 38.8 Å². The second-order valence-corrected chi connectivity index (χ2v) is 5.03. The molecule has 1 aliphatic heterocycles. The zero-order valence-electron chi connectivity index (χ0n) is 9.57. The summed E-state index contributed by atoms with van der Waals surface area (Å²) in [5.41, 5.74) is -0.121. The number of nitrogens with zero attached hydrogens (tertiary/aromatic N) is 1. The fourth-order valence-corrected chi connectivity index (χ4v) is 1.63. The summed E-state index contributed by atoms with van der Waals surface area (Å²) < 4.78 is 61.6. The lowest BCUT2D eigenvalue weighted by atomic mass is 9.82. The minimum absolute atomic E-state index is 0.0580. The lowest BCUT2D eigenvalue weighted by Gasteiger charge is -2.38. The van der Waals surface area contributed by atoms with Crippen LogP contribution in [0.3, 0.4) is 0 Å². The number of rotatable bonds is 1. The van der Waals surface area contributed by atoms with Crippen LogP contribution in [0, 0.1) is 5.41 Å². The van der Waals surface area contributed by atoms with Gasteiger partial charge in [0.2, 0.25) is 0 Å². The molecule has 0 radical (unpaired) electrons. The second kappa shape index (κ2) is 4.10. The van der Waals surface area contributed by atoms with Gasteiger partial charge in [0, 0.05) is 13.1 Å². The Morgan fingerprint density at radius 2 is 1.47 bits per heavy atom. The van der Waals surface area contributed by atoms with Gasteiger partial charge in [0.1, 0.15) is 0 Å². The minimum Gasteiger partial charge on any atom is -0.337 e. The van der Waals surface area contributed by atoms with Crippen molar-refractivity contribution in [2.75, 3.05) is 13.1 Å². The first-order valence-electron chi connectivity index (χ1n) is 5.21. The summed E-state index contributed by atoms with van der Waals surface area (Å²) in [6.07, 6.45) is -4.98. The standard InChI is InChI=1S/C10H14F5NO/c1-8(2)3-5-16(6-4-8)7(17)9(11,12)10(13,14)15/h3-6H2,1-2H3. The summed E-state index contributed by atoms with van der Waals surface area (Å²) in [5.74, 6) is -7.42. The van der Waals surface area contributed by atoms with Gasteiger partial charge < -0.3 is 4.90 Å². The van der Waals surface area contributed by atoms with Gasteiger partial charge in [-0.1, -0.05) is 13.8 Å². The molecule has 1 amide bonds. The molecule has 1 heterocycles. The monoisotopic (exact) mass is 259 g/mol. The molecule has 0 unspecified atom stereocenters. The molecule has 0 spiro atoms. The van der Waals surface area contributed by atoms with Gasteiger partial charge in [-0.3, -0.25) is 4.79 Å². The molecule has 1 saturated heterocycles. The molecular formula is C10H14F5NO. The summed E-state index contributed by atoms with van der Waals surface area (Å²) in [6, 6.07) is 0. The van der Waals surface area contributed by atoms with E-state index in [2.05, 4.69) is 0 Å². The Morgan fingerprint density at radius 3 is 1.82 bits per heavy atom. The van der Waals surface area contributed by atoms with Crippen LogP contribution in [0.5, 0.6) is 0 Å². The van der Waals surface area contributed by atoms with Crippen molar-refractivity contribution in [3.05, 3.63) is 0 Å². The van der Waals surface area contributed by atoms with Crippen molar-refractivity contribution >= 4 is 5.91 Å². The van der Waals surface area contributed by atoms with Crippen LogP contribution >= 0.6 is 0 Å². The third-order valence-electron chi connectivity index (χ3n) is 3.03. The maximum atomic E-state index is 12.8. The quantitative estimate of drug-likeness (QED) is 0.663. The van der Waals surface area contributed by atoms with Crippen molar-refractivity contribution in [1.82, 2.24) is 4.90 Å². The third-order valence-corrected chi connectivity index (χ3v) is 3.03. The van der Waals surface area contributed by atoms with Gasteiger partial charge in [0.25, 0.3) is 0 Å². The molecule has 100 valence electrons. The molecule has 1 fully saturated rings. The van der Waals surface area contributed by atoms with Gasteiger partial charge >= 0.3 is 18.0 Å².